The number of hydrogen-bond acceptors (Lipinski definition) is 8. The SMILES string of the molecule is Oc1ccc([C@H]2Oc3c4c(cc(O)c3[C@@H]2c2cc(O)cc(O)c2)O[C@H](c2ccc(O)cc2)[C@@H](O)C4)cc1. The number of phenols is 5. The molecule has 0 aliphatic carbocycles. The molecule has 0 spiro atoms. The Labute approximate surface area is 211 Å². The van der Waals surface area contributed by atoms with E-state index in [0.717, 1.165) is 0 Å². The Morgan fingerprint density at radius 3 is 1.76 bits per heavy atom. The Bertz CT molecular complexity index is 1460. The summed E-state index contributed by atoms with van der Waals surface area (Å²) in [4.78, 5) is 0. The average molecular weight is 501 g/mol. The third kappa shape index (κ3) is 3.91. The first-order chi connectivity index (χ1) is 17.8. The van der Waals surface area contributed by atoms with Crippen LogP contribution in [0.3, 0.4) is 0 Å². The van der Waals surface area contributed by atoms with Crippen molar-refractivity contribution in [3.63, 3.8) is 0 Å². The summed E-state index contributed by atoms with van der Waals surface area (Å²) in [6.45, 7) is 0. The molecule has 6 N–H and O–H groups in total. The quantitative estimate of drug-likeness (QED) is 0.241. The smallest absolute Gasteiger partial charge is 0.150 e. The normalized spacial score (nSPS) is 22.0. The Morgan fingerprint density at radius 2 is 1.16 bits per heavy atom. The van der Waals surface area contributed by atoms with E-state index in [-0.39, 0.29) is 35.2 Å². The largest absolute Gasteiger partial charge is 0.508 e. The molecule has 0 saturated heterocycles. The Hall–Kier alpha value is -4.56. The fourth-order valence-electron chi connectivity index (χ4n) is 5.31. The molecule has 2 aliphatic heterocycles. The first kappa shape index (κ1) is 22.9. The summed E-state index contributed by atoms with van der Waals surface area (Å²) in [5.74, 6) is -0.0711. The lowest BCUT2D eigenvalue weighted by molar-refractivity contribution is 0.0194. The summed E-state index contributed by atoms with van der Waals surface area (Å²) in [5.41, 5.74) is 2.93. The van der Waals surface area contributed by atoms with Crippen LogP contribution in [0.2, 0.25) is 0 Å². The van der Waals surface area contributed by atoms with Gasteiger partial charge in [0.1, 0.15) is 52.5 Å². The molecule has 0 bridgehead atoms. The van der Waals surface area contributed by atoms with E-state index in [2.05, 4.69) is 0 Å². The van der Waals surface area contributed by atoms with Gasteiger partial charge in [-0.2, -0.15) is 0 Å². The molecule has 8 nitrogen and oxygen atoms in total. The second-order valence-electron chi connectivity index (χ2n) is 9.41. The molecular weight excluding hydrogens is 476 g/mol. The lowest BCUT2D eigenvalue weighted by Crippen LogP contribution is -2.30. The van der Waals surface area contributed by atoms with Crippen molar-refractivity contribution in [2.75, 3.05) is 0 Å². The zero-order chi connectivity index (χ0) is 25.8. The van der Waals surface area contributed by atoms with Gasteiger partial charge >= 0.3 is 0 Å². The summed E-state index contributed by atoms with van der Waals surface area (Å²) in [5, 5.41) is 62.0. The van der Waals surface area contributed by atoms with Crippen LogP contribution in [0, 0.1) is 0 Å². The Kier molecular flexibility index (Phi) is 5.27. The number of benzene rings is 4. The van der Waals surface area contributed by atoms with Crippen molar-refractivity contribution in [1.29, 1.82) is 0 Å². The van der Waals surface area contributed by atoms with Gasteiger partial charge in [-0.15, -0.1) is 0 Å². The van der Waals surface area contributed by atoms with E-state index < -0.39 is 24.2 Å². The minimum Gasteiger partial charge on any atom is -0.508 e. The second-order valence-corrected chi connectivity index (χ2v) is 9.41. The third-order valence-electron chi connectivity index (χ3n) is 6.96. The number of aliphatic hydroxyl groups excluding tert-OH is 1. The van der Waals surface area contributed by atoms with Gasteiger partial charge in [0, 0.05) is 29.7 Å². The molecule has 0 unspecified atom stereocenters. The van der Waals surface area contributed by atoms with Gasteiger partial charge in [-0.3, -0.25) is 0 Å². The maximum absolute atomic E-state index is 11.2. The highest BCUT2D eigenvalue weighted by Gasteiger charge is 2.44. The van der Waals surface area contributed by atoms with Crippen LogP contribution in [0.15, 0.2) is 72.8 Å². The predicted molar refractivity (Wildman–Crippen MR) is 132 cm³/mol. The van der Waals surface area contributed by atoms with Gasteiger partial charge in [-0.05, 0) is 53.1 Å². The number of rotatable bonds is 3. The highest BCUT2D eigenvalue weighted by Crippen LogP contribution is 2.58. The summed E-state index contributed by atoms with van der Waals surface area (Å²) < 4.78 is 12.6. The van der Waals surface area contributed by atoms with E-state index in [4.69, 9.17) is 9.47 Å². The average Bonchev–Trinajstić information content (AvgIpc) is 3.26. The van der Waals surface area contributed by atoms with Crippen LogP contribution in [0.25, 0.3) is 0 Å². The molecule has 2 heterocycles. The van der Waals surface area contributed by atoms with Crippen LogP contribution in [0.5, 0.6) is 40.2 Å². The predicted octanol–water partition coefficient (Wildman–Crippen LogP) is 4.52. The van der Waals surface area contributed by atoms with Crippen molar-refractivity contribution >= 4 is 0 Å². The number of aromatic hydroxyl groups is 5. The summed E-state index contributed by atoms with van der Waals surface area (Å²) in [7, 11) is 0. The topological polar surface area (TPSA) is 140 Å². The van der Waals surface area contributed by atoms with Crippen LogP contribution in [-0.4, -0.2) is 36.7 Å². The highest BCUT2D eigenvalue weighted by molar-refractivity contribution is 5.65. The van der Waals surface area contributed by atoms with Crippen molar-refractivity contribution in [3.05, 3.63) is 101 Å². The lowest BCUT2D eigenvalue weighted by atomic mass is 9.83. The fraction of sp³-hybridized carbons (Fsp3) is 0.172. The maximum atomic E-state index is 11.2. The van der Waals surface area contributed by atoms with Crippen molar-refractivity contribution in [1.82, 2.24) is 0 Å². The zero-order valence-electron chi connectivity index (χ0n) is 19.4. The number of fused-ring (bicyclic) bond motifs is 3. The van der Waals surface area contributed by atoms with Crippen molar-refractivity contribution in [2.45, 2.75) is 30.7 Å². The molecular formula is C29H24O8. The molecule has 37 heavy (non-hydrogen) atoms. The minimum atomic E-state index is -0.926. The number of hydrogen-bond donors (Lipinski definition) is 6. The van der Waals surface area contributed by atoms with E-state index in [1.165, 1.54) is 48.5 Å². The van der Waals surface area contributed by atoms with Gasteiger partial charge in [0.25, 0.3) is 0 Å². The van der Waals surface area contributed by atoms with Gasteiger partial charge in [0.2, 0.25) is 0 Å². The van der Waals surface area contributed by atoms with Crippen molar-refractivity contribution in [3.8, 4) is 40.2 Å². The minimum absolute atomic E-state index is 0.0860. The summed E-state index contributed by atoms with van der Waals surface area (Å²) in [6, 6.07) is 18.6. The van der Waals surface area contributed by atoms with Gasteiger partial charge in [0.15, 0.2) is 0 Å². The molecule has 0 fully saturated rings. The Balaban J connectivity index is 1.48. The lowest BCUT2D eigenvalue weighted by Gasteiger charge is -2.32. The molecule has 0 aromatic heterocycles. The molecule has 0 radical (unpaired) electrons. The highest BCUT2D eigenvalue weighted by atomic mass is 16.5. The van der Waals surface area contributed by atoms with Crippen molar-refractivity contribution < 1.29 is 40.1 Å². The molecule has 188 valence electrons. The monoisotopic (exact) mass is 500 g/mol. The summed E-state index contributed by atoms with van der Waals surface area (Å²) in [6.07, 6.45) is -2.12. The second kappa shape index (κ2) is 8.53. The first-order valence-corrected chi connectivity index (χ1v) is 11.8. The number of phenolic OH excluding ortho intramolecular Hbond substituents is 5. The first-order valence-electron chi connectivity index (χ1n) is 11.8. The standard InChI is InChI=1S/C29H24O8/c30-17-5-1-14(2-6-17)27-23(35)12-21-24(36-27)13-22(34)26-25(16-9-19(32)11-20(33)10-16)28(37-29(21)26)15-3-7-18(31)8-4-15/h1-11,13,23,25,27-28,30-35H,12H2/t23-,25-,27+,28+/m0/s1. The molecule has 6 rings (SSSR count). The molecule has 4 aromatic carbocycles. The van der Waals surface area contributed by atoms with Gasteiger partial charge in [0.05, 0.1) is 12.0 Å². The van der Waals surface area contributed by atoms with Crippen LogP contribution in [-0.2, 0) is 6.42 Å². The van der Waals surface area contributed by atoms with Gasteiger partial charge < -0.3 is 40.1 Å². The molecule has 8 heteroatoms. The Morgan fingerprint density at radius 1 is 0.595 bits per heavy atom. The van der Waals surface area contributed by atoms with Crippen molar-refractivity contribution in [2.24, 2.45) is 0 Å². The summed E-state index contributed by atoms with van der Waals surface area (Å²) >= 11 is 0. The van der Waals surface area contributed by atoms with E-state index >= 15 is 0 Å². The van der Waals surface area contributed by atoms with E-state index in [9.17, 15) is 30.6 Å². The molecule has 4 aromatic rings. The van der Waals surface area contributed by atoms with Crippen LogP contribution >= 0.6 is 0 Å². The zero-order valence-corrected chi connectivity index (χ0v) is 19.4. The van der Waals surface area contributed by atoms with Crippen LogP contribution in [0.1, 0.15) is 45.9 Å². The van der Waals surface area contributed by atoms with E-state index in [1.807, 2.05) is 0 Å². The fourth-order valence-corrected chi connectivity index (χ4v) is 5.31. The maximum Gasteiger partial charge on any atom is 0.150 e. The molecule has 2 aliphatic rings. The number of ether oxygens (including phenoxy) is 2. The van der Waals surface area contributed by atoms with Crippen LogP contribution < -0.4 is 9.47 Å². The van der Waals surface area contributed by atoms with Crippen LogP contribution in [0.4, 0.5) is 0 Å². The molecule has 4 atom stereocenters. The molecule has 0 amide bonds. The van der Waals surface area contributed by atoms with Gasteiger partial charge in [-0.1, -0.05) is 24.3 Å². The molecule has 0 saturated carbocycles. The third-order valence-corrected chi connectivity index (χ3v) is 6.96. The van der Waals surface area contributed by atoms with E-state index in [1.54, 1.807) is 24.3 Å². The van der Waals surface area contributed by atoms with Gasteiger partial charge in [-0.25, -0.2) is 0 Å². The number of aliphatic hydroxyl groups is 1. The van der Waals surface area contributed by atoms with E-state index in [0.29, 0.717) is 39.3 Å².